The number of amides is 2. The Balaban J connectivity index is 1.36. The average Bonchev–Trinajstić information content (AvgIpc) is 3.71. The third kappa shape index (κ3) is 5.25. The highest BCUT2D eigenvalue weighted by Gasteiger charge is 2.46. The molecule has 1 saturated heterocycles. The number of nitrogens with zero attached hydrogens (tertiary/aromatic N) is 6. The first kappa shape index (κ1) is 27.9. The summed E-state index contributed by atoms with van der Waals surface area (Å²) in [5, 5.41) is 10.9. The summed E-state index contributed by atoms with van der Waals surface area (Å²) in [6.45, 7) is 7.45. The minimum absolute atomic E-state index is 0.0663. The lowest BCUT2D eigenvalue weighted by Crippen LogP contribution is -2.66. The average molecular weight is 577 g/mol. The Hall–Kier alpha value is -4.23. The number of carbonyl (C=O) groups excluding carboxylic acids is 2. The highest BCUT2D eigenvalue weighted by Crippen LogP contribution is 2.32. The first-order valence-electron chi connectivity index (χ1n) is 14.2. The fourth-order valence-electron chi connectivity index (χ4n) is 5.65. The van der Waals surface area contributed by atoms with Gasteiger partial charge in [-0.25, -0.2) is 14.8 Å². The molecule has 0 bridgehead atoms. The zero-order valence-corrected chi connectivity index (χ0v) is 24.5. The highest BCUT2D eigenvalue weighted by molar-refractivity contribution is 6.01. The summed E-state index contributed by atoms with van der Waals surface area (Å²) in [7, 11) is 3.26. The van der Waals surface area contributed by atoms with E-state index in [9.17, 15) is 9.59 Å². The standard InChI is InChI=1S/C29H36N8O5/c1-29(2,3)42-28(39)35(4)23-14-22(32-18-9-8-10-20-24(18)30-16-41-20)33-26-17(15-31-37(23)26)27(38)34-25-19(13-21(25)40-5)36-11-6-7-12-36/h8-10,14-16,19,21,25H,6-7,11-13H2,1-5H3,(H,32,33)(H,34,38)/t19?,21-,25-/m0/s1. The molecule has 3 atom stereocenters. The molecular formula is C29H36N8O5. The summed E-state index contributed by atoms with van der Waals surface area (Å²) in [6, 6.07) is 7.24. The molecule has 2 aliphatic rings. The number of ether oxygens (including phenoxy) is 2. The van der Waals surface area contributed by atoms with E-state index in [4.69, 9.17) is 18.9 Å². The van der Waals surface area contributed by atoms with E-state index in [1.807, 2.05) is 18.2 Å². The quantitative estimate of drug-likeness (QED) is 0.332. The van der Waals surface area contributed by atoms with Crippen LogP contribution in [0.5, 0.6) is 0 Å². The molecule has 3 aromatic heterocycles. The number of carbonyl (C=O) groups is 2. The van der Waals surface area contributed by atoms with Crippen molar-refractivity contribution in [3.63, 3.8) is 0 Å². The number of hydrogen-bond donors (Lipinski definition) is 2. The molecule has 2 N–H and O–H groups in total. The number of nitrogens with one attached hydrogen (secondary N) is 2. The number of aromatic nitrogens is 4. The van der Waals surface area contributed by atoms with E-state index in [0.717, 1.165) is 19.5 Å². The Morgan fingerprint density at radius 3 is 2.71 bits per heavy atom. The van der Waals surface area contributed by atoms with Crippen LogP contribution in [0.4, 0.5) is 22.1 Å². The van der Waals surface area contributed by atoms with Crippen LogP contribution >= 0.6 is 0 Å². The first-order valence-corrected chi connectivity index (χ1v) is 14.2. The van der Waals surface area contributed by atoms with E-state index in [1.54, 1.807) is 41.0 Å². The molecule has 0 radical (unpaired) electrons. The molecule has 4 aromatic rings. The molecule has 1 aliphatic heterocycles. The van der Waals surface area contributed by atoms with Gasteiger partial charge in [-0.3, -0.25) is 14.6 Å². The predicted octanol–water partition coefficient (Wildman–Crippen LogP) is 3.97. The second-order valence-corrected chi connectivity index (χ2v) is 11.8. The van der Waals surface area contributed by atoms with Crippen LogP contribution in [0.15, 0.2) is 41.3 Å². The van der Waals surface area contributed by atoms with Gasteiger partial charge in [0.1, 0.15) is 28.3 Å². The summed E-state index contributed by atoms with van der Waals surface area (Å²) in [5.41, 5.74) is 1.73. The van der Waals surface area contributed by atoms with Gasteiger partial charge in [0.15, 0.2) is 17.6 Å². The number of likely N-dealkylation sites (tertiary alicyclic amines) is 1. The van der Waals surface area contributed by atoms with Crippen molar-refractivity contribution in [1.29, 1.82) is 0 Å². The van der Waals surface area contributed by atoms with Crippen molar-refractivity contribution in [1.82, 2.24) is 29.8 Å². The van der Waals surface area contributed by atoms with E-state index in [-0.39, 0.29) is 35.3 Å². The van der Waals surface area contributed by atoms with Gasteiger partial charge in [-0.15, -0.1) is 0 Å². The van der Waals surface area contributed by atoms with Gasteiger partial charge in [0.05, 0.1) is 24.0 Å². The molecule has 0 spiro atoms. The van der Waals surface area contributed by atoms with E-state index in [0.29, 0.717) is 28.4 Å². The van der Waals surface area contributed by atoms with Crippen molar-refractivity contribution < 1.29 is 23.5 Å². The molecule has 1 aliphatic carbocycles. The van der Waals surface area contributed by atoms with Gasteiger partial charge in [0.2, 0.25) is 0 Å². The minimum Gasteiger partial charge on any atom is -0.443 e. The number of para-hydroxylation sites is 1. The number of benzene rings is 1. The maximum absolute atomic E-state index is 13.7. The number of fused-ring (bicyclic) bond motifs is 2. The molecule has 42 heavy (non-hydrogen) atoms. The zero-order valence-electron chi connectivity index (χ0n) is 24.5. The topological polar surface area (TPSA) is 139 Å². The third-order valence-corrected chi connectivity index (χ3v) is 7.83. The Morgan fingerprint density at radius 2 is 1.98 bits per heavy atom. The van der Waals surface area contributed by atoms with Crippen molar-refractivity contribution in [3.05, 3.63) is 42.4 Å². The molecule has 13 heteroatoms. The lowest BCUT2D eigenvalue weighted by atomic mass is 9.81. The molecule has 4 heterocycles. The smallest absolute Gasteiger partial charge is 0.415 e. The zero-order chi connectivity index (χ0) is 29.6. The van der Waals surface area contributed by atoms with Gasteiger partial charge >= 0.3 is 6.09 Å². The van der Waals surface area contributed by atoms with Gasteiger partial charge in [0.25, 0.3) is 5.91 Å². The summed E-state index contributed by atoms with van der Waals surface area (Å²) >= 11 is 0. The van der Waals surface area contributed by atoms with E-state index < -0.39 is 11.7 Å². The van der Waals surface area contributed by atoms with Crippen molar-refractivity contribution in [2.24, 2.45) is 0 Å². The fourth-order valence-corrected chi connectivity index (χ4v) is 5.65. The Kier molecular flexibility index (Phi) is 7.23. The van der Waals surface area contributed by atoms with E-state index in [1.165, 1.54) is 34.8 Å². The Labute approximate surface area is 243 Å². The summed E-state index contributed by atoms with van der Waals surface area (Å²) in [6.07, 6.45) is 5.40. The predicted molar refractivity (Wildman–Crippen MR) is 156 cm³/mol. The molecule has 1 saturated carbocycles. The van der Waals surface area contributed by atoms with Gasteiger partial charge < -0.3 is 24.5 Å². The van der Waals surface area contributed by atoms with Crippen LogP contribution in [-0.4, -0.2) is 87.5 Å². The van der Waals surface area contributed by atoms with Gasteiger partial charge in [-0.05, 0) is 65.3 Å². The lowest BCUT2D eigenvalue weighted by molar-refractivity contribution is -0.0520. The SMILES string of the molecule is CO[C@H]1CC(N2CCCC2)[C@@H]1NC(=O)c1cnn2c(N(C)C(=O)OC(C)(C)C)cc(Nc3cccc4ocnc34)nc12. The van der Waals surface area contributed by atoms with Crippen LogP contribution in [0.2, 0.25) is 0 Å². The maximum atomic E-state index is 13.7. The monoisotopic (exact) mass is 576 g/mol. The van der Waals surface area contributed by atoms with Crippen LogP contribution in [0.3, 0.4) is 0 Å². The van der Waals surface area contributed by atoms with Crippen molar-refractivity contribution in [3.8, 4) is 0 Å². The molecule has 2 amide bonds. The van der Waals surface area contributed by atoms with Gasteiger partial charge in [-0.2, -0.15) is 9.61 Å². The number of hydrogen-bond acceptors (Lipinski definition) is 10. The molecule has 1 unspecified atom stereocenters. The first-order chi connectivity index (χ1) is 20.1. The van der Waals surface area contributed by atoms with E-state index >= 15 is 0 Å². The van der Waals surface area contributed by atoms with E-state index in [2.05, 4.69) is 25.6 Å². The highest BCUT2D eigenvalue weighted by atomic mass is 16.6. The van der Waals surface area contributed by atoms with Crippen LogP contribution in [0.25, 0.3) is 16.7 Å². The molecular weight excluding hydrogens is 540 g/mol. The van der Waals surface area contributed by atoms with Gasteiger partial charge in [0, 0.05) is 26.3 Å². The number of oxazole rings is 1. The summed E-state index contributed by atoms with van der Waals surface area (Å²) in [4.78, 5) is 39.6. The van der Waals surface area contributed by atoms with Crippen LogP contribution in [-0.2, 0) is 9.47 Å². The number of rotatable bonds is 7. The van der Waals surface area contributed by atoms with Crippen molar-refractivity contribution in [2.75, 3.05) is 37.5 Å². The minimum atomic E-state index is -0.705. The molecule has 1 aromatic carbocycles. The third-order valence-electron chi connectivity index (χ3n) is 7.83. The normalized spacial score (nSPS) is 20.9. The molecule has 13 nitrogen and oxygen atoms in total. The van der Waals surface area contributed by atoms with Crippen LogP contribution < -0.4 is 15.5 Å². The summed E-state index contributed by atoms with van der Waals surface area (Å²) < 4.78 is 18.2. The van der Waals surface area contributed by atoms with Gasteiger partial charge in [-0.1, -0.05) is 6.07 Å². The second kappa shape index (κ2) is 10.9. The fraction of sp³-hybridized carbons (Fsp3) is 0.483. The van der Waals surface area contributed by atoms with Crippen LogP contribution in [0, 0.1) is 0 Å². The van der Waals surface area contributed by atoms with Crippen LogP contribution in [0.1, 0.15) is 50.4 Å². The van der Waals surface area contributed by atoms with Crippen molar-refractivity contribution >= 4 is 46.1 Å². The molecule has 6 rings (SSSR count). The van der Waals surface area contributed by atoms with Crippen molar-refractivity contribution in [2.45, 2.75) is 63.8 Å². The molecule has 222 valence electrons. The summed E-state index contributed by atoms with van der Waals surface area (Å²) in [5.74, 6) is 0.429. The number of methoxy groups -OCH3 is 1. The Bertz CT molecular complexity index is 1620. The molecule has 2 fully saturated rings. The number of anilines is 3. The lowest BCUT2D eigenvalue weighted by Gasteiger charge is -2.48. The maximum Gasteiger partial charge on any atom is 0.415 e. The Morgan fingerprint density at radius 1 is 1.19 bits per heavy atom. The second-order valence-electron chi connectivity index (χ2n) is 11.8. The largest absolute Gasteiger partial charge is 0.443 e.